The van der Waals surface area contributed by atoms with Gasteiger partial charge >= 0.3 is 21.8 Å². The number of benzene rings is 2. The van der Waals surface area contributed by atoms with Gasteiger partial charge in [0.1, 0.15) is 13.2 Å². The third-order valence-electron chi connectivity index (χ3n) is 4.74. The fourth-order valence-electron chi connectivity index (χ4n) is 3.05. The van der Waals surface area contributed by atoms with Crippen molar-refractivity contribution in [1.82, 2.24) is 15.6 Å². The monoisotopic (exact) mass is 553 g/mol. The van der Waals surface area contributed by atoms with Gasteiger partial charge in [-0.25, -0.2) is 16.8 Å². The minimum Gasteiger partial charge on any atom is -0.453 e. The molecule has 0 amide bonds. The lowest BCUT2D eigenvalue weighted by atomic mass is 10.4. The van der Waals surface area contributed by atoms with Gasteiger partial charge in [-0.15, -0.1) is 0 Å². The maximum atomic E-state index is 12.7. The van der Waals surface area contributed by atoms with Crippen LogP contribution in [0, 0.1) is 10.4 Å². The Morgan fingerprint density at radius 2 is 1.08 bits per heavy atom. The van der Waals surface area contributed by atoms with Crippen LogP contribution in [0.25, 0.3) is 0 Å². The Labute approximate surface area is 209 Å². The topological polar surface area (TPSA) is 205 Å². The van der Waals surface area contributed by atoms with Gasteiger partial charge < -0.3 is 25.2 Å². The van der Waals surface area contributed by atoms with Crippen LogP contribution in [0.1, 0.15) is 0 Å². The van der Waals surface area contributed by atoms with Crippen LogP contribution in [0.2, 0.25) is 0 Å². The van der Waals surface area contributed by atoms with E-state index in [1.165, 1.54) is 48.5 Å². The predicted molar refractivity (Wildman–Crippen MR) is 119 cm³/mol. The Kier molecular flexibility index (Phi) is 7.55. The number of ether oxygens (including phenoxy) is 2. The number of aromatic nitrogens is 4. The van der Waals surface area contributed by atoms with Crippen molar-refractivity contribution in [3.63, 3.8) is 0 Å². The largest absolute Gasteiger partial charge is 0.453 e. The number of rotatable bonds is 12. The highest BCUT2D eigenvalue weighted by Gasteiger charge is 2.36. The highest BCUT2D eigenvalue weighted by molar-refractivity contribution is 7.91. The summed E-state index contributed by atoms with van der Waals surface area (Å²) in [6.45, 7) is 0.0783. The van der Waals surface area contributed by atoms with Crippen molar-refractivity contribution in [2.75, 3.05) is 26.3 Å². The molecular weight excluding hydrogens is 534 g/mol. The highest BCUT2D eigenvalue weighted by atomic mass is 32.2. The predicted octanol–water partition coefficient (Wildman–Crippen LogP) is -0.358. The first-order valence-electron chi connectivity index (χ1n) is 10.5. The standard InChI is InChI=1S/C20H19N5O10S2/c26-24-19(36(28,29)15-7-3-1-4-8-15)17(22-34-24)32-13-11-21-12-14-33-18-20(25(27)35-23-18)37(30,31)16-9-5-2-6-10-16/h1-10,21H,11-14H2. The molecule has 0 radical (unpaired) electrons. The summed E-state index contributed by atoms with van der Waals surface area (Å²) in [5.74, 6) is -1.01. The first-order valence-corrected chi connectivity index (χ1v) is 13.5. The lowest BCUT2D eigenvalue weighted by Gasteiger charge is -2.06. The van der Waals surface area contributed by atoms with E-state index >= 15 is 0 Å². The molecule has 0 saturated carbocycles. The first-order chi connectivity index (χ1) is 17.7. The van der Waals surface area contributed by atoms with E-state index < -0.39 is 41.5 Å². The molecule has 0 fully saturated rings. The lowest BCUT2D eigenvalue weighted by molar-refractivity contribution is -0.832. The zero-order valence-electron chi connectivity index (χ0n) is 18.8. The quantitative estimate of drug-likeness (QED) is 0.176. The van der Waals surface area contributed by atoms with E-state index in [1.54, 1.807) is 12.1 Å². The average molecular weight is 554 g/mol. The Hall–Kier alpha value is -4.22. The van der Waals surface area contributed by atoms with Gasteiger partial charge in [0.2, 0.25) is 0 Å². The number of sulfone groups is 2. The molecule has 4 aromatic rings. The van der Waals surface area contributed by atoms with Crippen LogP contribution in [0.3, 0.4) is 0 Å². The molecule has 0 aliphatic heterocycles. The molecule has 17 heteroatoms. The molecule has 0 unspecified atom stereocenters. The molecule has 15 nitrogen and oxygen atoms in total. The molecule has 2 heterocycles. The molecule has 1 N–H and O–H groups in total. The summed E-state index contributed by atoms with van der Waals surface area (Å²) >= 11 is 0. The normalized spacial score (nSPS) is 11.9. The average Bonchev–Trinajstić information content (AvgIpc) is 3.47. The molecule has 0 aliphatic carbocycles. The third kappa shape index (κ3) is 5.47. The molecule has 2 aromatic heterocycles. The Balaban J connectivity index is 1.29. The van der Waals surface area contributed by atoms with Crippen molar-refractivity contribution in [3.8, 4) is 11.8 Å². The SMILES string of the molecule is O=S(=O)(c1ccccc1)c1c(OCCNCCOc2no[n+]([O-])c2S(=O)(=O)c2ccccc2)no[n+]1[O-]. The first kappa shape index (κ1) is 25.9. The molecule has 0 aliphatic rings. The van der Waals surface area contributed by atoms with Crippen molar-refractivity contribution < 1.29 is 45.4 Å². The van der Waals surface area contributed by atoms with Crippen molar-refractivity contribution in [3.05, 3.63) is 71.1 Å². The molecule has 37 heavy (non-hydrogen) atoms. The summed E-state index contributed by atoms with van der Waals surface area (Å²) in [4.78, 5) is -0.770. The fourth-order valence-corrected chi connectivity index (χ4v) is 5.64. The van der Waals surface area contributed by atoms with Crippen LogP contribution in [-0.4, -0.2) is 53.5 Å². The summed E-state index contributed by atoms with van der Waals surface area (Å²) in [5, 5.41) is 31.8. The van der Waals surface area contributed by atoms with Gasteiger partial charge in [0.25, 0.3) is 19.7 Å². The molecule has 196 valence electrons. The van der Waals surface area contributed by atoms with Gasteiger partial charge in [0, 0.05) is 13.1 Å². The number of hydrogen-bond donors (Lipinski definition) is 1. The van der Waals surface area contributed by atoms with Crippen LogP contribution in [0.5, 0.6) is 11.8 Å². The van der Waals surface area contributed by atoms with Gasteiger partial charge in [0.15, 0.2) is 0 Å². The summed E-state index contributed by atoms with van der Waals surface area (Å²) < 4.78 is 70.3. The van der Waals surface area contributed by atoms with E-state index in [1.807, 2.05) is 0 Å². The van der Waals surface area contributed by atoms with Gasteiger partial charge in [0.05, 0.1) is 20.1 Å². The third-order valence-corrected chi connectivity index (χ3v) is 8.20. The van der Waals surface area contributed by atoms with Crippen molar-refractivity contribution in [2.24, 2.45) is 0 Å². The van der Waals surface area contributed by atoms with Gasteiger partial charge in [-0.2, -0.15) is 0 Å². The van der Waals surface area contributed by atoms with E-state index in [0.717, 1.165) is 0 Å². The maximum absolute atomic E-state index is 12.7. The maximum Gasteiger partial charge on any atom is 0.415 e. The Morgan fingerprint density at radius 1 is 0.703 bits per heavy atom. The number of nitrogens with zero attached hydrogens (tertiary/aromatic N) is 4. The van der Waals surface area contributed by atoms with Crippen molar-refractivity contribution >= 4 is 19.7 Å². The van der Waals surface area contributed by atoms with E-state index in [4.69, 9.17) is 9.47 Å². The summed E-state index contributed by atoms with van der Waals surface area (Å²) in [5.41, 5.74) is 0. The molecular formula is C20H19N5O10S2. The van der Waals surface area contributed by atoms with E-state index in [-0.39, 0.29) is 45.9 Å². The smallest absolute Gasteiger partial charge is 0.415 e. The highest BCUT2D eigenvalue weighted by Crippen LogP contribution is 2.25. The van der Waals surface area contributed by atoms with Crippen LogP contribution < -0.4 is 24.6 Å². The number of hydrogen-bond acceptors (Lipinski definition) is 13. The summed E-state index contributed by atoms with van der Waals surface area (Å²) in [7, 11) is -8.47. The van der Waals surface area contributed by atoms with Crippen molar-refractivity contribution in [2.45, 2.75) is 19.8 Å². The zero-order valence-corrected chi connectivity index (χ0v) is 20.4. The number of nitrogens with one attached hydrogen (secondary N) is 1. The second-order valence-electron chi connectivity index (χ2n) is 7.16. The van der Waals surface area contributed by atoms with E-state index in [0.29, 0.717) is 0 Å². The molecule has 4 rings (SSSR count). The summed E-state index contributed by atoms with van der Waals surface area (Å²) in [6, 6.07) is 14.5. The second-order valence-corrected chi connectivity index (χ2v) is 10.9. The molecule has 0 bridgehead atoms. The van der Waals surface area contributed by atoms with Crippen LogP contribution in [0.4, 0.5) is 0 Å². The van der Waals surface area contributed by atoms with Gasteiger partial charge in [-0.1, -0.05) is 36.4 Å². The van der Waals surface area contributed by atoms with Crippen LogP contribution in [-0.2, 0) is 19.7 Å². The summed E-state index contributed by atoms with van der Waals surface area (Å²) in [6.07, 6.45) is 0. The molecule has 0 atom stereocenters. The zero-order chi connectivity index (χ0) is 26.5. The minimum absolute atomic E-state index is 0.109. The molecule has 0 spiro atoms. The van der Waals surface area contributed by atoms with Crippen molar-refractivity contribution in [1.29, 1.82) is 0 Å². The van der Waals surface area contributed by atoms with Gasteiger partial charge in [-0.05, 0) is 34.1 Å². The second kappa shape index (κ2) is 10.8. The fraction of sp³-hybridized carbons (Fsp3) is 0.200. The van der Waals surface area contributed by atoms with Gasteiger partial charge in [-0.3, -0.25) is 9.26 Å². The molecule has 0 saturated heterocycles. The van der Waals surface area contributed by atoms with E-state index in [9.17, 15) is 27.3 Å². The van der Waals surface area contributed by atoms with E-state index in [2.05, 4.69) is 24.9 Å². The minimum atomic E-state index is -4.24. The Bertz CT molecular complexity index is 1440. The Morgan fingerprint density at radius 3 is 1.46 bits per heavy atom. The van der Waals surface area contributed by atoms with Crippen LogP contribution in [0.15, 0.2) is 89.8 Å². The van der Waals surface area contributed by atoms with Crippen LogP contribution >= 0.6 is 0 Å². The lowest BCUT2D eigenvalue weighted by Crippen LogP contribution is -2.32. The molecule has 2 aromatic carbocycles.